The molecule has 1 aromatic carbocycles. The molecule has 0 atom stereocenters. The third-order valence-corrected chi connectivity index (χ3v) is 6.38. The summed E-state index contributed by atoms with van der Waals surface area (Å²) in [5.41, 5.74) is 11.2. The highest BCUT2D eigenvalue weighted by Crippen LogP contribution is 2.38. The zero-order valence-corrected chi connectivity index (χ0v) is 18.1. The van der Waals surface area contributed by atoms with E-state index in [1.165, 1.54) is 31.9 Å². The fourth-order valence-corrected chi connectivity index (χ4v) is 4.52. The van der Waals surface area contributed by atoms with Crippen molar-refractivity contribution in [2.24, 2.45) is 16.1 Å². The predicted octanol–water partition coefficient (Wildman–Crippen LogP) is 4.16. The molecule has 1 aliphatic carbocycles. The Labute approximate surface area is 183 Å². The maximum absolute atomic E-state index is 12.5. The van der Waals surface area contributed by atoms with E-state index in [-0.39, 0.29) is 11.3 Å². The number of nitriles is 1. The minimum Gasteiger partial charge on any atom is -0.404 e. The van der Waals surface area contributed by atoms with E-state index in [0.29, 0.717) is 23.5 Å². The number of hydrogen-bond donors (Lipinski definition) is 1. The van der Waals surface area contributed by atoms with Gasteiger partial charge < -0.3 is 10.6 Å². The van der Waals surface area contributed by atoms with Crippen molar-refractivity contribution in [3.8, 4) is 17.3 Å². The number of allylic oxidation sites excluding steroid dienone is 1. The number of rotatable bonds is 5. The highest BCUT2D eigenvalue weighted by molar-refractivity contribution is 6.12. The van der Waals surface area contributed by atoms with E-state index in [4.69, 9.17) is 10.7 Å². The van der Waals surface area contributed by atoms with E-state index in [1.54, 1.807) is 18.0 Å². The van der Waals surface area contributed by atoms with Crippen LogP contribution in [0.5, 0.6) is 0 Å². The van der Waals surface area contributed by atoms with Gasteiger partial charge in [0.05, 0.1) is 5.69 Å². The van der Waals surface area contributed by atoms with Crippen LogP contribution < -0.4 is 5.73 Å². The van der Waals surface area contributed by atoms with Gasteiger partial charge in [0.2, 0.25) is 0 Å². The van der Waals surface area contributed by atoms with Gasteiger partial charge in [-0.15, -0.1) is 0 Å². The molecule has 1 aliphatic heterocycles. The first kappa shape index (κ1) is 20.8. The molecule has 1 saturated carbocycles. The highest BCUT2D eigenvalue weighted by atomic mass is 16.2. The minimum absolute atomic E-state index is 0.00389. The maximum atomic E-state index is 12.5. The molecule has 0 radical (unpaired) electrons. The molecule has 1 fully saturated rings. The van der Waals surface area contributed by atoms with Crippen molar-refractivity contribution in [1.29, 1.82) is 5.26 Å². The lowest BCUT2D eigenvalue weighted by Gasteiger charge is -2.20. The number of pyridine rings is 1. The lowest BCUT2D eigenvalue weighted by Crippen LogP contribution is -2.17. The molecular formula is C25H27N5O. The molecule has 2 aromatic rings. The zero-order chi connectivity index (χ0) is 22.0. The number of carbonyl (C=O) groups excluding carboxylic acids is 1. The fourth-order valence-electron chi connectivity index (χ4n) is 4.52. The standard InChI is InChI=1S/C25H27N5O/c1-25(9-3-4-10-25)16-28-14-19(12-26)21-8-7-20(13-27)29-23(21)17-5-6-18-15-30(2)24(31)22(18)11-17/h5-8,11-12,14H,3-4,9-10,15-16,26H2,1-2H3/b19-12+,28-14?/i2-1. The molecule has 0 unspecified atom stereocenters. The lowest BCUT2D eigenvalue weighted by atomic mass is 9.89. The van der Waals surface area contributed by atoms with E-state index in [1.807, 2.05) is 30.5 Å². The quantitative estimate of drug-likeness (QED) is 0.746. The van der Waals surface area contributed by atoms with Gasteiger partial charge in [-0.05, 0) is 42.0 Å². The summed E-state index contributed by atoms with van der Waals surface area (Å²) in [6, 6.07) is 11.4. The average molecular weight is 413 g/mol. The number of aliphatic imine (C=N–C) groups is 1. The van der Waals surface area contributed by atoms with Gasteiger partial charge in [-0.3, -0.25) is 9.79 Å². The van der Waals surface area contributed by atoms with E-state index < -0.39 is 0 Å². The van der Waals surface area contributed by atoms with Crippen molar-refractivity contribution < 1.29 is 4.79 Å². The number of nitrogens with zero attached hydrogens (tertiary/aromatic N) is 4. The normalized spacial score (nSPS) is 17.9. The van der Waals surface area contributed by atoms with Gasteiger partial charge in [0, 0.05) is 54.8 Å². The van der Waals surface area contributed by atoms with Gasteiger partial charge >= 0.3 is 0 Å². The summed E-state index contributed by atoms with van der Waals surface area (Å²) >= 11 is 0. The van der Waals surface area contributed by atoms with Crippen LogP contribution in [0.1, 0.15) is 59.8 Å². The van der Waals surface area contributed by atoms with Gasteiger partial charge in [-0.1, -0.05) is 31.9 Å². The Kier molecular flexibility index (Phi) is 5.60. The van der Waals surface area contributed by atoms with Crippen molar-refractivity contribution in [2.45, 2.75) is 39.2 Å². The second-order valence-electron chi connectivity index (χ2n) is 8.85. The van der Waals surface area contributed by atoms with Crippen LogP contribution in [-0.4, -0.2) is 35.6 Å². The molecule has 1 amide bonds. The van der Waals surface area contributed by atoms with Crippen molar-refractivity contribution in [3.05, 3.63) is 58.9 Å². The van der Waals surface area contributed by atoms with Gasteiger partial charge in [0.1, 0.15) is 11.8 Å². The summed E-state index contributed by atoms with van der Waals surface area (Å²) in [6.45, 7) is 3.66. The largest absolute Gasteiger partial charge is 0.404 e. The zero-order valence-electron chi connectivity index (χ0n) is 18.1. The van der Waals surface area contributed by atoms with Crippen molar-refractivity contribution in [1.82, 2.24) is 9.88 Å². The Hall–Kier alpha value is -3.46. The summed E-state index contributed by atoms with van der Waals surface area (Å²) in [6.07, 6.45) is 8.27. The lowest BCUT2D eigenvalue weighted by molar-refractivity contribution is 0.0816. The summed E-state index contributed by atoms with van der Waals surface area (Å²) < 4.78 is 0. The highest BCUT2D eigenvalue weighted by Gasteiger charge is 2.28. The Morgan fingerprint density at radius 1 is 1.32 bits per heavy atom. The average Bonchev–Trinajstić information content (AvgIpc) is 3.34. The number of benzene rings is 1. The Morgan fingerprint density at radius 2 is 2.10 bits per heavy atom. The second kappa shape index (κ2) is 8.35. The van der Waals surface area contributed by atoms with Crippen LogP contribution in [-0.2, 0) is 6.54 Å². The topological polar surface area (TPSA) is 95.4 Å². The summed E-state index contributed by atoms with van der Waals surface area (Å²) in [5.74, 6) is -0.00389. The first-order valence-electron chi connectivity index (χ1n) is 10.7. The van der Waals surface area contributed by atoms with E-state index in [2.05, 4.69) is 18.0 Å². The maximum Gasteiger partial charge on any atom is 0.254 e. The number of nitrogens with two attached hydrogens (primary N) is 1. The molecule has 31 heavy (non-hydrogen) atoms. The third kappa shape index (κ3) is 4.09. The van der Waals surface area contributed by atoms with Crippen LogP contribution in [0.2, 0.25) is 0 Å². The van der Waals surface area contributed by atoms with Crippen molar-refractivity contribution in [2.75, 3.05) is 13.6 Å². The van der Waals surface area contributed by atoms with Crippen LogP contribution in [0.25, 0.3) is 16.8 Å². The summed E-state index contributed by atoms with van der Waals surface area (Å²) in [5, 5.41) is 9.38. The molecule has 6 heteroatoms. The van der Waals surface area contributed by atoms with Gasteiger partial charge in [-0.25, -0.2) is 4.98 Å². The smallest absolute Gasteiger partial charge is 0.254 e. The molecule has 0 saturated heterocycles. The van der Waals surface area contributed by atoms with Crippen LogP contribution in [0.3, 0.4) is 0 Å². The van der Waals surface area contributed by atoms with E-state index in [9.17, 15) is 10.1 Å². The van der Waals surface area contributed by atoms with Crippen LogP contribution in [0.4, 0.5) is 0 Å². The molecule has 158 valence electrons. The molecule has 0 spiro atoms. The van der Waals surface area contributed by atoms with E-state index in [0.717, 1.165) is 28.8 Å². The molecular weight excluding hydrogens is 385 g/mol. The van der Waals surface area contributed by atoms with Crippen LogP contribution in [0.15, 0.2) is 41.5 Å². The first-order chi connectivity index (χ1) is 14.9. The monoisotopic (exact) mass is 412 g/mol. The second-order valence-corrected chi connectivity index (χ2v) is 8.85. The molecule has 2 N–H and O–H groups in total. The molecule has 2 aliphatic rings. The number of amides is 1. The SMILES string of the molecule is CC1(CN=C/C(=C\N)c2ccc(C#N)nc2-c2ccc3c(c2)C(=O)N([11CH3])C3)CCCC1. The third-order valence-electron chi connectivity index (χ3n) is 6.38. The summed E-state index contributed by atoms with van der Waals surface area (Å²) in [4.78, 5) is 23.4. The molecule has 0 bridgehead atoms. The van der Waals surface area contributed by atoms with Crippen molar-refractivity contribution >= 4 is 17.7 Å². The molecule has 1 aromatic heterocycles. The first-order valence-corrected chi connectivity index (χ1v) is 10.7. The van der Waals surface area contributed by atoms with Crippen LogP contribution in [0, 0.1) is 16.7 Å². The van der Waals surface area contributed by atoms with Crippen molar-refractivity contribution in [3.63, 3.8) is 0 Å². The van der Waals surface area contributed by atoms with Gasteiger partial charge in [0.25, 0.3) is 5.91 Å². The summed E-state index contributed by atoms with van der Waals surface area (Å²) in [7, 11) is 1.79. The number of aromatic nitrogens is 1. The number of carbonyl (C=O) groups is 1. The number of hydrogen-bond acceptors (Lipinski definition) is 5. The Morgan fingerprint density at radius 3 is 2.81 bits per heavy atom. The van der Waals surface area contributed by atoms with Crippen LogP contribution >= 0.6 is 0 Å². The Balaban J connectivity index is 1.71. The minimum atomic E-state index is -0.00389. The van der Waals surface area contributed by atoms with Gasteiger partial charge in [0.15, 0.2) is 0 Å². The Bertz CT molecular complexity index is 1120. The van der Waals surface area contributed by atoms with Gasteiger partial charge in [-0.2, -0.15) is 5.26 Å². The molecule has 4 rings (SSSR count). The molecule has 2 heterocycles. The fraction of sp³-hybridized carbons (Fsp3) is 0.360. The predicted molar refractivity (Wildman–Crippen MR) is 122 cm³/mol. The molecule has 6 nitrogen and oxygen atoms in total. The van der Waals surface area contributed by atoms with E-state index >= 15 is 0 Å². The number of fused-ring (bicyclic) bond motifs is 1.